The molecule has 3 atom stereocenters. The molecule has 0 aliphatic carbocycles. The van der Waals surface area contributed by atoms with Gasteiger partial charge in [-0.15, -0.1) is 0 Å². The van der Waals surface area contributed by atoms with Gasteiger partial charge in [-0.2, -0.15) is 0 Å². The van der Waals surface area contributed by atoms with Crippen molar-refractivity contribution in [1.82, 2.24) is 0 Å². The summed E-state index contributed by atoms with van der Waals surface area (Å²) in [6, 6.07) is 6.06. The average molecular weight is 264 g/mol. The van der Waals surface area contributed by atoms with Crippen molar-refractivity contribution in [1.29, 1.82) is 0 Å². The molecular weight excluding hydrogens is 239 g/mol. The molecule has 0 bridgehead atoms. The number of benzene rings is 1. The first-order valence-corrected chi connectivity index (χ1v) is 7.28. The van der Waals surface area contributed by atoms with Crippen LogP contribution in [0.15, 0.2) is 18.2 Å². The van der Waals surface area contributed by atoms with Gasteiger partial charge in [0.25, 0.3) is 0 Å². The summed E-state index contributed by atoms with van der Waals surface area (Å²) in [5, 5.41) is 0. The third kappa shape index (κ3) is 3.47. The number of hydrogen-bond donors (Lipinski definition) is 1. The fourth-order valence-corrected chi connectivity index (χ4v) is 2.91. The molecule has 2 nitrogen and oxygen atoms in total. The zero-order valence-corrected chi connectivity index (χ0v) is 12.2. The molecule has 2 N–H and O–H groups in total. The molecule has 1 aromatic rings. The van der Waals surface area contributed by atoms with E-state index in [1.54, 1.807) is 6.07 Å². The monoisotopic (exact) mass is 264 g/mol. The van der Waals surface area contributed by atoms with Crippen LogP contribution in [0.3, 0.4) is 0 Å². The van der Waals surface area contributed by atoms with E-state index in [-0.39, 0.29) is 11.9 Å². The summed E-state index contributed by atoms with van der Waals surface area (Å²) in [5.41, 5.74) is 7.49. The van der Waals surface area contributed by atoms with Gasteiger partial charge in [0.05, 0.1) is 5.69 Å². The van der Waals surface area contributed by atoms with Crippen LogP contribution in [0.25, 0.3) is 0 Å². The molecule has 0 spiro atoms. The number of nitrogens with zero attached hydrogens (tertiary/aromatic N) is 1. The van der Waals surface area contributed by atoms with Crippen LogP contribution in [0, 0.1) is 11.7 Å². The molecular formula is C16H25FN2. The SMILES string of the molecule is CC(N)Cc1ccc(N2CC(C)CCC2C)c(F)c1. The first-order valence-electron chi connectivity index (χ1n) is 7.28. The van der Waals surface area contributed by atoms with Crippen molar-refractivity contribution in [2.45, 2.75) is 52.1 Å². The lowest BCUT2D eigenvalue weighted by molar-refractivity contribution is 0.386. The summed E-state index contributed by atoms with van der Waals surface area (Å²) < 4.78 is 14.3. The van der Waals surface area contributed by atoms with Crippen LogP contribution in [0.1, 0.15) is 39.2 Å². The fourth-order valence-electron chi connectivity index (χ4n) is 2.91. The smallest absolute Gasteiger partial charge is 0.146 e. The summed E-state index contributed by atoms with van der Waals surface area (Å²) in [5.74, 6) is 0.526. The largest absolute Gasteiger partial charge is 0.366 e. The van der Waals surface area contributed by atoms with Gasteiger partial charge < -0.3 is 10.6 Å². The second-order valence-corrected chi connectivity index (χ2v) is 6.15. The van der Waals surface area contributed by atoms with Crippen molar-refractivity contribution in [3.8, 4) is 0 Å². The first-order chi connectivity index (χ1) is 8.97. The molecule has 1 aromatic carbocycles. The average Bonchev–Trinajstić information content (AvgIpc) is 2.32. The van der Waals surface area contributed by atoms with Crippen molar-refractivity contribution in [3.05, 3.63) is 29.6 Å². The zero-order valence-electron chi connectivity index (χ0n) is 12.2. The van der Waals surface area contributed by atoms with Crippen LogP contribution in [-0.4, -0.2) is 18.6 Å². The molecule has 3 unspecified atom stereocenters. The van der Waals surface area contributed by atoms with Crippen LogP contribution >= 0.6 is 0 Å². The second-order valence-electron chi connectivity index (χ2n) is 6.15. The molecule has 1 heterocycles. The maximum Gasteiger partial charge on any atom is 0.146 e. The lowest BCUT2D eigenvalue weighted by Crippen LogP contribution is -2.41. The lowest BCUT2D eigenvalue weighted by atomic mass is 9.94. The van der Waals surface area contributed by atoms with Gasteiger partial charge in [0, 0.05) is 18.6 Å². The summed E-state index contributed by atoms with van der Waals surface area (Å²) in [6.45, 7) is 7.31. The van der Waals surface area contributed by atoms with E-state index < -0.39 is 0 Å². The number of halogens is 1. The van der Waals surface area contributed by atoms with Gasteiger partial charge in [0.1, 0.15) is 5.82 Å². The zero-order chi connectivity index (χ0) is 14.0. The van der Waals surface area contributed by atoms with Crippen LogP contribution in [0.4, 0.5) is 10.1 Å². The lowest BCUT2D eigenvalue weighted by Gasteiger charge is -2.38. The van der Waals surface area contributed by atoms with Gasteiger partial charge in [-0.05, 0) is 56.7 Å². The van der Waals surface area contributed by atoms with Crippen molar-refractivity contribution in [3.63, 3.8) is 0 Å². The topological polar surface area (TPSA) is 29.3 Å². The maximum atomic E-state index is 14.3. The summed E-state index contributed by atoms with van der Waals surface area (Å²) in [7, 11) is 0. The minimum absolute atomic E-state index is 0.0687. The minimum Gasteiger partial charge on any atom is -0.366 e. The fraction of sp³-hybridized carbons (Fsp3) is 0.625. The van der Waals surface area contributed by atoms with Crippen LogP contribution < -0.4 is 10.6 Å². The Morgan fingerprint density at radius 3 is 2.74 bits per heavy atom. The summed E-state index contributed by atoms with van der Waals surface area (Å²) in [4.78, 5) is 2.21. The molecule has 106 valence electrons. The highest BCUT2D eigenvalue weighted by molar-refractivity contribution is 5.50. The summed E-state index contributed by atoms with van der Waals surface area (Å²) in [6.07, 6.45) is 3.10. The molecule has 1 aliphatic heterocycles. The predicted molar refractivity (Wildman–Crippen MR) is 79.0 cm³/mol. The number of nitrogens with two attached hydrogens (primary N) is 1. The molecule has 0 saturated carbocycles. The molecule has 0 radical (unpaired) electrons. The Morgan fingerprint density at radius 1 is 1.37 bits per heavy atom. The first kappa shape index (κ1) is 14.3. The van der Waals surface area contributed by atoms with E-state index >= 15 is 0 Å². The normalized spacial score (nSPS) is 25.4. The standard InChI is InChI=1S/C16H25FN2/c1-11-4-5-13(3)19(10-11)16-7-6-14(8-12(2)18)9-15(16)17/h6-7,9,11-13H,4-5,8,10,18H2,1-3H3. The Labute approximate surface area is 115 Å². The molecule has 1 fully saturated rings. The Kier molecular flexibility index (Phi) is 4.46. The van der Waals surface area contributed by atoms with Gasteiger partial charge in [-0.25, -0.2) is 4.39 Å². The van der Waals surface area contributed by atoms with Gasteiger partial charge in [0.2, 0.25) is 0 Å². The molecule has 0 aromatic heterocycles. The van der Waals surface area contributed by atoms with Crippen molar-refractivity contribution in [2.24, 2.45) is 11.7 Å². The highest BCUT2D eigenvalue weighted by Gasteiger charge is 2.25. The molecule has 0 amide bonds. The minimum atomic E-state index is -0.112. The highest BCUT2D eigenvalue weighted by Crippen LogP contribution is 2.30. The van der Waals surface area contributed by atoms with Gasteiger partial charge in [-0.3, -0.25) is 0 Å². The highest BCUT2D eigenvalue weighted by atomic mass is 19.1. The van der Waals surface area contributed by atoms with E-state index in [4.69, 9.17) is 5.73 Å². The van der Waals surface area contributed by atoms with E-state index in [0.29, 0.717) is 12.0 Å². The third-order valence-electron chi connectivity index (χ3n) is 4.00. The Balaban J connectivity index is 2.20. The number of rotatable bonds is 3. The van der Waals surface area contributed by atoms with Crippen molar-refractivity contribution >= 4 is 5.69 Å². The Bertz CT molecular complexity index is 431. The maximum absolute atomic E-state index is 14.3. The Morgan fingerprint density at radius 2 is 2.11 bits per heavy atom. The number of hydrogen-bond acceptors (Lipinski definition) is 2. The van der Waals surface area contributed by atoms with E-state index in [1.165, 1.54) is 6.42 Å². The second kappa shape index (κ2) is 5.91. The molecule has 2 rings (SSSR count). The predicted octanol–water partition coefficient (Wildman–Crippen LogP) is 3.34. The van der Waals surface area contributed by atoms with Crippen LogP contribution in [0.2, 0.25) is 0 Å². The van der Waals surface area contributed by atoms with E-state index in [2.05, 4.69) is 18.7 Å². The van der Waals surface area contributed by atoms with E-state index in [1.807, 2.05) is 19.1 Å². The van der Waals surface area contributed by atoms with E-state index in [9.17, 15) is 4.39 Å². The number of piperidine rings is 1. The van der Waals surface area contributed by atoms with Gasteiger partial charge >= 0.3 is 0 Å². The molecule has 19 heavy (non-hydrogen) atoms. The van der Waals surface area contributed by atoms with Crippen LogP contribution in [0.5, 0.6) is 0 Å². The van der Waals surface area contributed by atoms with Gasteiger partial charge in [-0.1, -0.05) is 13.0 Å². The van der Waals surface area contributed by atoms with Gasteiger partial charge in [0.15, 0.2) is 0 Å². The van der Waals surface area contributed by atoms with Crippen LogP contribution in [-0.2, 0) is 6.42 Å². The molecule has 1 aliphatic rings. The quantitative estimate of drug-likeness (QED) is 0.907. The third-order valence-corrected chi connectivity index (χ3v) is 4.00. The van der Waals surface area contributed by atoms with Crippen molar-refractivity contribution in [2.75, 3.05) is 11.4 Å². The molecule has 3 heteroatoms. The Hall–Kier alpha value is -1.09. The number of anilines is 1. The summed E-state index contributed by atoms with van der Waals surface area (Å²) >= 11 is 0. The molecule has 1 saturated heterocycles. The van der Waals surface area contributed by atoms with E-state index in [0.717, 1.165) is 30.6 Å². The van der Waals surface area contributed by atoms with Crippen molar-refractivity contribution < 1.29 is 4.39 Å².